The van der Waals surface area contributed by atoms with Gasteiger partial charge in [0.1, 0.15) is 5.01 Å². The molecule has 28 heavy (non-hydrogen) atoms. The average Bonchev–Trinajstić information content (AvgIpc) is 3.17. The van der Waals surface area contributed by atoms with Crippen molar-refractivity contribution in [2.75, 3.05) is 11.9 Å². The van der Waals surface area contributed by atoms with Gasteiger partial charge in [-0.2, -0.15) is 0 Å². The fourth-order valence-corrected chi connectivity index (χ4v) is 3.65. The lowest BCUT2D eigenvalue weighted by atomic mass is 10.1. The molecule has 0 atom stereocenters. The standard InChI is InChI=1S/C21H20ClN3O2S/c1-2-14-5-3-4-6-18(14)25-20(27)19(26)23-12-11-17-13-28-21(24-17)15-7-9-16(22)10-8-15/h3-10,13H,2,11-12H2,1H3,(H,23,26)(H,25,27). The van der Waals surface area contributed by atoms with Gasteiger partial charge in [-0.25, -0.2) is 4.98 Å². The number of anilines is 1. The lowest BCUT2D eigenvalue weighted by Gasteiger charge is -2.09. The topological polar surface area (TPSA) is 71.1 Å². The summed E-state index contributed by atoms with van der Waals surface area (Å²) in [5.74, 6) is -1.32. The van der Waals surface area contributed by atoms with Gasteiger partial charge in [0.05, 0.1) is 5.69 Å². The Morgan fingerprint density at radius 2 is 1.82 bits per heavy atom. The molecule has 2 N–H and O–H groups in total. The normalized spacial score (nSPS) is 10.5. The van der Waals surface area contributed by atoms with Crippen molar-refractivity contribution >= 4 is 40.4 Å². The molecule has 0 unspecified atom stereocenters. The number of carbonyl (C=O) groups excluding carboxylic acids is 2. The highest BCUT2D eigenvalue weighted by Crippen LogP contribution is 2.25. The summed E-state index contributed by atoms with van der Waals surface area (Å²) in [6.45, 7) is 2.34. The number of rotatable bonds is 6. The van der Waals surface area contributed by atoms with Crippen LogP contribution in [0, 0.1) is 0 Å². The van der Waals surface area contributed by atoms with E-state index in [2.05, 4.69) is 15.6 Å². The van der Waals surface area contributed by atoms with Gasteiger partial charge in [0, 0.05) is 34.6 Å². The molecule has 0 aliphatic heterocycles. The summed E-state index contributed by atoms with van der Waals surface area (Å²) in [6, 6.07) is 14.9. The molecule has 2 amide bonds. The summed E-state index contributed by atoms with van der Waals surface area (Å²) >= 11 is 7.44. The van der Waals surface area contributed by atoms with E-state index in [0.29, 0.717) is 23.7 Å². The largest absolute Gasteiger partial charge is 0.347 e. The number of hydrogen-bond acceptors (Lipinski definition) is 4. The van der Waals surface area contributed by atoms with Crippen LogP contribution in [0.25, 0.3) is 10.6 Å². The minimum absolute atomic E-state index is 0.339. The summed E-state index contributed by atoms with van der Waals surface area (Å²) in [5.41, 5.74) is 3.52. The second kappa shape index (κ2) is 9.48. The Morgan fingerprint density at radius 1 is 1.07 bits per heavy atom. The van der Waals surface area contributed by atoms with Crippen LogP contribution in [-0.4, -0.2) is 23.3 Å². The number of aryl methyl sites for hydroxylation is 1. The first-order valence-corrected chi connectivity index (χ1v) is 10.2. The van der Waals surface area contributed by atoms with E-state index in [1.54, 1.807) is 6.07 Å². The Bertz CT molecular complexity index is 970. The van der Waals surface area contributed by atoms with Crippen molar-refractivity contribution in [1.82, 2.24) is 10.3 Å². The van der Waals surface area contributed by atoms with Gasteiger partial charge in [0.25, 0.3) is 0 Å². The van der Waals surface area contributed by atoms with Crippen molar-refractivity contribution in [3.05, 3.63) is 70.2 Å². The van der Waals surface area contributed by atoms with E-state index < -0.39 is 11.8 Å². The van der Waals surface area contributed by atoms with Crippen molar-refractivity contribution in [1.29, 1.82) is 0 Å². The van der Waals surface area contributed by atoms with Crippen molar-refractivity contribution in [2.45, 2.75) is 19.8 Å². The van der Waals surface area contributed by atoms with E-state index in [4.69, 9.17) is 11.6 Å². The zero-order chi connectivity index (χ0) is 19.9. The van der Waals surface area contributed by atoms with Crippen LogP contribution in [-0.2, 0) is 22.4 Å². The van der Waals surface area contributed by atoms with Crippen LogP contribution in [0.2, 0.25) is 5.02 Å². The molecule has 0 saturated heterocycles. The molecule has 7 heteroatoms. The van der Waals surface area contributed by atoms with Gasteiger partial charge in [0.15, 0.2) is 0 Å². The number of carbonyl (C=O) groups is 2. The Morgan fingerprint density at radius 3 is 2.57 bits per heavy atom. The van der Waals surface area contributed by atoms with Gasteiger partial charge < -0.3 is 10.6 Å². The maximum absolute atomic E-state index is 12.1. The quantitative estimate of drug-likeness (QED) is 0.591. The lowest BCUT2D eigenvalue weighted by molar-refractivity contribution is -0.136. The third-order valence-corrected chi connectivity index (χ3v) is 5.35. The molecule has 2 aromatic carbocycles. The zero-order valence-electron chi connectivity index (χ0n) is 15.4. The molecular formula is C21H20ClN3O2S. The van der Waals surface area contributed by atoms with Crippen molar-refractivity contribution in [3.8, 4) is 10.6 Å². The van der Waals surface area contributed by atoms with E-state index in [0.717, 1.165) is 28.2 Å². The number of para-hydroxylation sites is 1. The smallest absolute Gasteiger partial charge is 0.313 e. The fraction of sp³-hybridized carbons (Fsp3) is 0.190. The molecule has 1 heterocycles. The number of benzene rings is 2. The van der Waals surface area contributed by atoms with Crippen LogP contribution in [0.5, 0.6) is 0 Å². The van der Waals surface area contributed by atoms with Crippen LogP contribution in [0.4, 0.5) is 5.69 Å². The van der Waals surface area contributed by atoms with E-state index >= 15 is 0 Å². The first-order valence-electron chi connectivity index (χ1n) is 8.94. The molecule has 0 aliphatic rings. The molecule has 3 aromatic rings. The first kappa shape index (κ1) is 20.0. The molecule has 0 aliphatic carbocycles. The van der Waals surface area contributed by atoms with Crippen LogP contribution >= 0.6 is 22.9 Å². The second-order valence-electron chi connectivity index (χ2n) is 6.12. The van der Waals surface area contributed by atoms with E-state index in [9.17, 15) is 9.59 Å². The number of hydrogen-bond donors (Lipinski definition) is 2. The Kier molecular flexibility index (Phi) is 6.79. The van der Waals surface area contributed by atoms with Crippen LogP contribution < -0.4 is 10.6 Å². The van der Waals surface area contributed by atoms with Gasteiger partial charge in [-0.15, -0.1) is 11.3 Å². The number of amides is 2. The monoisotopic (exact) mass is 413 g/mol. The molecule has 1 aromatic heterocycles. The number of nitrogens with zero attached hydrogens (tertiary/aromatic N) is 1. The van der Waals surface area contributed by atoms with Gasteiger partial charge in [-0.05, 0) is 30.2 Å². The van der Waals surface area contributed by atoms with Gasteiger partial charge in [-0.1, -0.05) is 48.9 Å². The highest BCUT2D eigenvalue weighted by molar-refractivity contribution is 7.13. The van der Waals surface area contributed by atoms with Gasteiger partial charge in [0.2, 0.25) is 0 Å². The predicted molar refractivity (Wildman–Crippen MR) is 114 cm³/mol. The molecule has 3 rings (SSSR count). The molecule has 0 bridgehead atoms. The van der Waals surface area contributed by atoms with Gasteiger partial charge in [-0.3, -0.25) is 9.59 Å². The summed E-state index contributed by atoms with van der Waals surface area (Å²) in [6.07, 6.45) is 1.33. The highest BCUT2D eigenvalue weighted by atomic mass is 35.5. The summed E-state index contributed by atoms with van der Waals surface area (Å²) in [7, 11) is 0. The third kappa shape index (κ3) is 5.18. The predicted octanol–water partition coefficient (Wildman–Crippen LogP) is 4.32. The second-order valence-corrected chi connectivity index (χ2v) is 7.42. The SMILES string of the molecule is CCc1ccccc1NC(=O)C(=O)NCCc1csc(-c2ccc(Cl)cc2)n1. The summed E-state index contributed by atoms with van der Waals surface area (Å²) in [5, 5.41) is 8.84. The third-order valence-electron chi connectivity index (χ3n) is 4.16. The van der Waals surface area contributed by atoms with Crippen molar-refractivity contribution < 1.29 is 9.59 Å². The molecule has 0 saturated carbocycles. The van der Waals surface area contributed by atoms with Crippen molar-refractivity contribution in [2.24, 2.45) is 0 Å². The van der Waals surface area contributed by atoms with Crippen LogP contribution in [0.15, 0.2) is 53.9 Å². The number of aromatic nitrogens is 1. The lowest BCUT2D eigenvalue weighted by Crippen LogP contribution is -2.36. The van der Waals surface area contributed by atoms with E-state index in [1.807, 2.05) is 54.8 Å². The Labute approximate surface area is 172 Å². The maximum Gasteiger partial charge on any atom is 0.313 e. The number of thiazole rings is 1. The Balaban J connectivity index is 1.50. The molecule has 5 nitrogen and oxygen atoms in total. The average molecular weight is 414 g/mol. The highest BCUT2D eigenvalue weighted by Gasteiger charge is 2.14. The molecular weight excluding hydrogens is 394 g/mol. The summed E-state index contributed by atoms with van der Waals surface area (Å²) in [4.78, 5) is 28.7. The minimum atomic E-state index is -0.666. The number of nitrogens with one attached hydrogen (secondary N) is 2. The fourth-order valence-electron chi connectivity index (χ4n) is 2.66. The molecule has 0 radical (unpaired) electrons. The Hall–Kier alpha value is -2.70. The van der Waals surface area contributed by atoms with E-state index in [-0.39, 0.29) is 0 Å². The van der Waals surface area contributed by atoms with Gasteiger partial charge >= 0.3 is 11.8 Å². The summed E-state index contributed by atoms with van der Waals surface area (Å²) < 4.78 is 0. The van der Waals surface area contributed by atoms with E-state index in [1.165, 1.54) is 11.3 Å². The maximum atomic E-state index is 12.1. The first-order chi connectivity index (χ1) is 13.6. The molecule has 0 fully saturated rings. The zero-order valence-corrected chi connectivity index (χ0v) is 16.9. The molecule has 144 valence electrons. The van der Waals surface area contributed by atoms with Crippen LogP contribution in [0.3, 0.4) is 0 Å². The van der Waals surface area contributed by atoms with Crippen LogP contribution in [0.1, 0.15) is 18.2 Å². The van der Waals surface area contributed by atoms with Crippen molar-refractivity contribution in [3.63, 3.8) is 0 Å². The number of halogens is 1. The molecule has 0 spiro atoms. The minimum Gasteiger partial charge on any atom is -0.347 e.